The molecule has 2 aromatic carbocycles. The Morgan fingerprint density at radius 3 is 2.29 bits per heavy atom. The van der Waals surface area contributed by atoms with E-state index >= 15 is 0 Å². The smallest absolute Gasteiger partial charge is 0.251 e. The van der Waals surface area contributed by atoms with Crippen molar-refractivity contribution in [3.8, 4) is 0 Å². The molecule has 150 valence electrons. The summed E-state index contributed by atoms with van der Waals surface area (Å²) in [6.45, 7) is 5.42. The van der Waals surface area contributed by atoms with E-state index in [0.29, 0.717) is 11.3 Å². The number of hydrogen-bond acceptors (Lipinski definition) is 4. The lowest BCUT2D eigenvalue weighted by atomic mass is 10.1. The standard InChI is InChI=1S/C20H25N3O4S/c1-20(2,3)23-28(26,27)17-11-7-10-16(14-17)22-18(24)12-13-21-19(25)15-8-5-4-6-9-15/h4-11,14,23H,12-13H2,1-3H3,(H,21,25)(H,22,24). The van der Waals surface area contributed by atoms with Gasteiger partial charge in [0.25, 0.3) is 5.91 Å². The number of hydrogen-bond donors (Lipinski definition) is 3. The van der Waals surface area contributed by atoms with E-state index in [9.17, 15) is 18.0 Å². The lowest BCUT2D eigenvalue weighted by Crippen LogP contribution is -2.40. The van der Waals surface area contributed by atoms with Crippen molar-refractivity contribution in [2.45, 2.75) is 37.6 Å². The molecule has 7 nitrogen and oxygen atoms in total. The Balaban J connectivity index is 1.91. The van der Waals surface area contributed by atoms with Crippen molar-refractivity contribution < 1.29 is 18.0 Å². The number of benzene rings is 2. The number of carbonyl (C=O) groups is 2. The first-order valence-corrected chi connectivity index (χ1v) is 10.3. The van der Waals surface area contributed by atoms with Gasteiger partial charge in [0, 0.05) is 29.8 Å². The van der Waals surface area contributed by atoms with Crippen LogP contribution in [0.3, 0.4) is 0 Å². The van der Waals surface area contributed by atoms with Gasteiger partial charge >= 0.3 is 0 Å². The van der Waals surface area contributed by atoms with Crippen LogP contribution in [0.4, 0.5) is 5.69 Å². The average molecular weight is 404 g/mol. The minimum Gasteiger partial charge on any atom is -0.352 e. The number of anilines is 1. The summed E-state index contributed by atoms with van der Waals surface area (Å²) in [5.74, 6) is -0.582. The van der Waals surface area contributed by atoms with Crippen LogP contribution in [0, 0.1) is 0 Å². The van der Waals surface area contributed by atoms with Gasteiger partial charge in [0.2, 0.25) is 15.9 Å². The highest BCUT2D eigenvalue weighted by atomic mass is 32.2. The zero-order chi connectivity index (χ0) is 20.8. The van der Waals surface area contributed by atoms with E-state index in [1.807, 2.05) is 6.07 Å². The van der Waals surface area contributed by atoms with Gasteiger partial charge in [-0.1, -0.05) is 24.3 Å². The van der Waals surface area contributed by atoms with E-state index in [4.69, 9.17) is 0 Å². The largest absolute Gasteiger partial charge is 0.352 e. The minimum absolute atomic E-state index is 0.0653. The number of amides is 2. The summed E-state index contributed by atoms with van der Waals surface area (Å²) >= 11 is 0. The molecule has 0 heterocycles. The molecule has 0 aliphatic carbocycles. The molecule has 0 bridgehead atoms. The summed E-state index contributed by atoms with van der Waals surface area (Å²) in [5.41, 5.74) is 0.276. The van der Waals surface area contributed by atoms with Crippen molar-refractivity contribution in [2.75, 3.05) is 11.9 Å². The molecule has 2 aromatic rings. The van der Waals surface area contributed by atoms with Crippen LogP contribution in [0.5, 0.6) is 0 Å². The van der Waals surface area contributed by atoms with Crippen LogP contribution >= 0.6 is 0 Å². The molecular formula is C20H25N3O4S. The summed E-state index contributed by atoms with van der Waals surface area (Å²) < 4.78 is 27.4. The van der Waals surface area contributed by atoms with Crippen molar-refractivity contribution in [1.82, 2.24) is 10.0 Å². The maximum atomic E-state index is 12.4. The SMILES string of the molecule is CC(C)(C)NS(=O)(=O)c1cccc(NC(=O)CCNC(=O)c2ccccc2)c1. The summed E-state index contributed by atoms with van der Waals surface area (Å²) in [5, 5.41) is 5.32. The first-order valence-electron chi connectivity index (χ1n) is 8.84. The molecule has 0 unspecified atom stereocenters. The second-order valence-corrected chi connectivity index (χ2v) is 8.99. The molecule has 0 spiro atoms. The topological polar surface area (TPSA) is 104 Å². The number of rotatable bonds is 7. The molecule has 2 rings (SSSR count). The quantitative estimate of drug-likeness (QED) is 0.661. The van der Waals surface area contributed by atoms with Crippen LogP contribution in [0.1, 0.15) is 37.6 Å². The highest BCUT2D eigenvalue weighted by Gasteiger charge is 2.22. The molecule has 8 heteroatoms. The first kappa shape index (κ1) is 21.6. The Labute approximate surface area is 165 Å². The van der Waals surface area contributed by atoms with Crippen molar-refractivity contribution in [1.29, 1.82) is 0 Å². The predicted molar refractivity (Wildman–Crippen MR) is 109 cm³/mol. The van der Waals surface area contributed by atoms with E-state index < -0.39 is 15.6 Å². The molecule has 0 fully saturated rings. The summed E-state index contributed by atoms with van der Waals surface area (Å²) in [7, 11) is -3.69. The first-order chi connectivity index (χ1) is 13.1. The Hall–Kier alpha value is -2.71. The fraction of sp³-hybridized carbons (Fsp3) is 0.300. The second-order valence-electron chi connectivity index (χ2n) is 7.30. The second kappa shape index (κ2) is 8.99. The molecule has 2 amide bonds. The van der Waals surface area contributed by atoms with Gasteiger partial charge in [-0.15, -0.1) is 0 Å². The van der Waals surface area contributed by atoms with Gasteiger partial charge in [-0.2, -0.15) is 0 Å². The Morgan fingerprint density at radius 2 is 1.64 bits per heavy atom. The highest BCUT2D eigenvalue weighted by molar-refractivity contribution is 7.89. The van der Waals surface area contributed by atoms with Crippen molar-refractivity contribution in [3.05, 3.63) is 60.2 Å². The Bertz CT molecular complexity index is 935. The fourth-order valence-electron chi connectivity index (χ4n) is 2.41. The average Bonchev–Trinajstić information content (AvgIpc) is 2.60. The van der Waals surface area contributed by atoms with E-state index in [1.165, 1.54) is 12.1 Å². The summed E-state index contributed by atoms with van der Waals surface area (Å²) in [4.78, 5) is 24.1. The molecular weight excluding hydrogens is 378 g/mol. The molecule has 0 saturated carbocycles. The van der Waals surface area contributed by atoms with Crippen molar-refractivity contribution in [3.63, 3.8) is 0 Å². The lowest BCUT2D eigenvalue weighted by Gasteiger charge is -2.20. The third-order valence-corrected chi connectivity index (χ3v) is 5.30. The zero-order valence-corrected chi connectivity index (χ0v) is 17.0. The number of sulfonamides is 1. The molecule has 0 aliphatic heterocycles. The molecule has 3 N–H and O–H groups in total. The number of nitrogens with one attached hydrogen (secondary N) is 3. The normalized spacial score (nSPS) is 11.7. The maximum absolute atomic E-state index is 12.4. The van der Waals surface area contributed by atoms with Crippen molar-refractivity contribution >= 4 is 27.5 Å². The van der Waals surface area contributed by atoms with E-state index in [0.717, 1.165) is 0 Å². The molecule has 0 aliphatic rings. The van der Waals surface area contributed by atoms with Crippen LogP contribution in [-0.4, -0.2) is 32.3 Å². The Morgan fingerprint density at radius 1 is 0.964 bits per heavy atom. The third kappa shape index (κ3) is 6.79. The van der Waals surface area contributed by atoms with Gasteiger partial charge in [0.1, 0.15) is 0 Å². The summed E-state index contributed by atoms with van der Waals surface area (Å²) in [6, 6.07) is 14.7. The highest BCUT2D eigenvalue weighted by Crippen LogP contribution is 2.17. The van der Waals surface area contributed by atoms with E-state index in [-0.39, 0.29) is 29.7 Å². The summed E-state index contributed by atoms with van der Waals surface area (Å²) in [6.07, 6.45) is 0.0653. The van der Waals surface area contributed by atoms with Gasteiger partial charge < -0.3 is 10.6 Å². The van der Waals surface area contributed by atoms with Crippen molar-refractivity contribution in [2.24, 2.45) is 0 Å². The third-order valence-electron chi connectivity index (χ3n) is 3.54. The van der Waals surface area contributed by atoms with Crippen LogP contribution in [0.25, 0.3) is 0 Å². The van der Waals surface area contributed by atoms with Gasteiger partial charge in [0.05, 0.1) is 4.90 Å². The molecule has 0 atom stereocenters. The Kier molecular flexibility index (Phi) is 6.93. The van der Waals surface area contributed by atoms with Gasteiger partial charge in [-0.25, -0.2) is 13.1 Å². The number of carbonyl (C=O) groups excluding carboxylic acids is 2. The van der Waals surface area contributed by atoms with Gasteiger partial charge in [0.15, 0.2) is 0 Å². The molecule has 0 saturated heterocycles. The molecule has 0 radical (unpaired) electrons. The van der Waals surface area contributed by atoms with Crippen LogP contribution < -0.4 is 15.4 Å². The van der Waals surface area contributed by atoms with Crippen LogP contribution in [0.15, 0.2) is 59.5 Å². The monoisotopic (exact) mass is 403 g/mol. The van der Waals surface area contributed by atoms with Crippen LogP contribution in [0.2, 0.25) is 0 Å². The predicted octanol–water partition coefficient (Wildman–Crippen LogP) is 2.52. The molecule has 28 heavy (non-hydrogen) atoms. The van der Waals surface area contributed by atoms with E-state index in [1.54, 1.807) is 57.2 Å². The van der Waals surface area contributed by atoms with Gasteiger partial charge in [-0.05, 0) is 51.1 Å². The van der Waals surface area contributed by atoms with E-state index in [2.05, 4.69) is 15.4 Å². The zero-order valence-electron chi connectivity index (χ0n) is 16.2. The lowest BCUT2D eigenvalue weighted by molar-refractivity contribution is -0.116. The van der Waals surface area contributed by atoms with Crippen LogP contribution in [-0.2, 0) is 14.8 Å². The minimum atomic E-state index is -3.69. The van der Waals surface area contributed by atoms with Gasteiger partial charge in [-0.3, -0.25) is 9.59 Å². The fourth-order valence-corrected chi connectivity index (χ4v) is 3.87. The maximum Gasteiger partial charge on any atom is 0.251 e. The molecule has 0 aromatic heterocycles.